The lowest BCUT2D eigenvalue weighted by Gasteiger charge is -2.04. The normalized spacial score (nSPS) is 12.3. The summed E-state index contributed by atoms with van der Waals surface area (Å²) in [5, 5.41) is 4.20. The highest BCUT2D eigenvalue weighted by Crippen LogP contribution is 2.34. The van der Waals surface area contributed by atoms with Gasteiger partial charge in [0.05, 0.1) is 0 Å². The van der Waals surface area contributed by atoms with Gasteiger partial charge in [-0.3, -0.25) is 9.97 Å². The number of pyridine rings is 2. The first-order valence-corrected chi connectivity index (χ1v) is 5.92. The molecule has 0 aromatic carbocycles. The molecule has 0 fully saturated rings. The molecule has 0 spiro atoms. The summed E-state index contributed by atoms with van der Waals surface area (Å²) >= 11 is 0. The molecule has 0 N–H and O–H groups in total. The van der Waals surface area contributed by atoms with Gasteiger partial charge in [0, 0.05) is 23.5 Å². The Bertz CT molecular complexity index is 572. The smallest absolute Gasteiger partial charge is 0.155 e. The number of fused-ring (bicyclic) bond motifs is 3. The number of rotatable bonds is 2. The van der Waals surface area contributed by atoms with E-state index in [-0.39, 0.29) is 6.10 Å². The molecule has 90 valence electrons. The minimum atomic E-state index is 0.0393. The molecule has 0 amide bonds. The van der Waals surface area contributed by atoms with Crippen LogP contribution >= 0.6 is 0 Å². The minimum absolute atomic E-state index is 0.0393. The molecule has 2 aromatic rings. The fourth-order valence-electron chi connectivity index (χ4n) is 1.98. The molecular weight excluding hydrogens is 226 g/mol. The molecule has 0 radical (unpaired) electrons. The lowest BCUT2D eigenvalue weighted by molar-refractivity contribution is 0.0862. The summed E-state index contributed by atoms with van der Waals surface area (Å²) in [6.07, 6.45) is 3.56. The van der Waals surface area contributed by atoms with Gasteiger partial charge in [-0.1, -0.05) is 17.3 Å². The highest BCUT2D eigenvalue weighted by molar-refractivity contribution is 6.21. The van der Waals surface area contributed by atoms with Gasteiger partial charge < -0.3 is 4.84 Å². The van der Waals surface area contributed by atoms with E-state index in [9.17, 15) is 0 Å². The van der Waals surface area contributed by atoms with E-state index in [2.05, 4.69) is 15.1 Å². The van der Waals surface area contributed by atoms with Crippen molar-refractivity contribution in [2.75, 3.05) is 0 Å². The van der Waals surface area contributed by atoms with Gasteiger partial charge >= 0.3 is 0 Å². The molecule has 0 unspecified atom stereocenters. The van der Waals surface area contributed by atoms with E-state index in [0.717, 1.165) is 28.2 Å². The van der Waals surface area contributed by atoms with E-state index in [0.29, 0.717) is 0 Å². The largest absolute Gasteiger partial charge is 0.392 e. The second-order valence-corrected chi connectivity index (χ2v) is 4.39. The van der Waals surface area contributed by atoms with Gasteiger partial charge in [-0.05, 0) is 26.0 Å². The Labute approximate surface area is 105 Å². The fraction of sp³-hybridized carbons (Fsp3) is 0.214. The van der Waals surface area contributed by atoms with E-state index in [1.807, 2.05) is 38.1 Å². The summed E-state index contributed by atoms with van der Waals surface area (Å²) in [6.45, 7) is 3.88. The zero-order valence-electron chi connectivity index (χ0n) is 10.3. The second kappa shape index (κ2) is 4.22. The van der Waals surface area contributed by atoms with Crippen LogP contribution in [0.2, 0.25) is 0 Å². The van der Waals surface area contributed by atoms with Crippen molar-refractivity contribution < 1.29 is 4.84 Å². The van der Waals surface area contributed by atoms with Crippen LogP contribution in [-0.4, -0.2) is 21.8 Å². The van der Waals surface area contributed by atoms with E-state index >= 15 is 0 Å². The topological polar surface area (TPSA) is 47.4 Å². The van der Waals surface area contributed by atoms with Crippen LogP contribution in [0.25, 0.3) is 11.1 Å². The Morgan fingerprint density at radius 3 is 2.06 bits per heavy atom. The quantitative estimate of drug-likeness (QED) is 0.646. The number of hydrogen-bond donors (Lipinski definition) is 0. The van der Waals surface area contributed by atoms with Crippen molar-refractivity contribution in [2.45, 2.75) is 20.0 Å². The van der Waals surface area contributed by atoms with Crippen LogP contribution in [0, 0.1) is 0 Å². The van der Waals surface area contributed by atoms with E-state index in [1.54, 1.807) is 12.4 Å². The number of hydrogen-bond acceptors (Lipinski definition) is 4. The van der Waals surface area contributed by atoms with E-state index in [4.69, 9.17) is 4.84 Å². The van der Waals surface area contributed by atoms with Crippen LogP contribution in [0.5, 0.6) is 0 Å². The Morgan fingerprint density at radius 1 is 1.00 bits per heavy atom. The number of nitrogens with zero attached hydrogens (tertiary/aromatic N) is 3. The van der Waals surface area contributed by atoms with Crippen molar-refractivity contribution in [1.29, 1.82) is 0 Å². The third kappa shape index (κ3) is 1.66. The summed E-state index contributed by atoms with van der Waals surface area (Å²) in [5.41, 5.74) is 4.52. The van der Waals surface area contributed by atoms with E-state index in [1.165, 1.54) is 0 Å². The van der Waals surface area contributed by atoms with Gasteiger partial charge in [-0.25, -0.2) is 0 Å². The van der Waals surface area contributed by atoms with Crippen molar-refractivity contribution in [2.24, 2.45) is 5.16 Å². The zero-order valence-corrected chi connectivity index (χ0v) is 10.3. The predicted molar refractivity (Wildman–Crippen MR) is 69.3 cm³/mol. The lowest BCUT2D eigenvalue weighted by atomic mass is 10.1. The Morgan fingerprint density at radius 2 is 1.56 bits per heavy atom. The first-order valence-electron chi connectivity index (χ1n) is 5.92. The maximum Gasteiger partial charge on any atom is 0.155 e. The van der Waals surface area contributed by atoms with Gasteiger partial charge in [-0.15, -0.1) is 0 Å². The number of oxime groups is 1. The van der Waals surface area contributed by atoms with Gasteiger partial charge in [0.15, 0.2) is 5.71 Å². The summed E-state index contributed by atoms with van der Waals surface area (Å²) in [5.74, 6) is 0. The maximum atomic E-state index is 5.35. The summed E-state index contributed by atoms with van der Waals surface area (Å²) in [6, 6.07) is 7.89. The molecule has 2 aromatic heterocycles. The monoisotopic (exact) mass is 239 g/mol. The highest BCUT2D eigenvalue weighted by atomic mass is 16.6. The van der Waals surface area contributed by atoms with Crippen molar-refractivity contribution in [3.05, 3.63) is 48.0 Å². The minimum Gasteiger partial charge on any atom is -0.392 e. The average Bonchev–Trinajstić information content (AvgIpc) is 2.71. The Balaban J connectivity index is 2.18. The summed E-state index contributed by atoms with van der Waals surface area (Å²) in [4.78, 5) is 14.1. The van der Waals surface area contributed by atoms with Crippen LogP contribution in [0.3, 0.4) is 0 Å². The molecule has 0 aliphatic heterocycles. The molecule has 0 atom stereocenters. The van der Waals surface area contributed by atoms with Crippen molar-refractivity contribution >= 4 is 5.71 Å². The lowest BCUT2D eigenvalue weighted by Crippen LogP contribution is -2.06. The molecule has 18 heavy (non-hydrogen) atoms. The molecule has 0 saturated carbocycles. The summed E-state index contributed by atoms with van der Waals surface area (Å²) < 4.78 is 0. The van der Waals surface area contributed by atoms with Crippen LogP contribution in [0.15, 0.2) is 41.8 Å². The SMILES string of the molecule is CC(C)ON=C1c2ncccc2-c2cccnc21. The number of aromatic nitrogens is 2. The van der Waals surface area contributed by atoms with Crippen LogP contribution in [-0.2, 0) is 4.84 Å². The van der Waals surface area contributed by atoms with Crippen LogP contribution in [0.1, 0.15) is 25.2 Å². The molecule has 1 aliphatic carbocycles. The van der Waals surface area contributed by atoms with Gasteiger partial charge in [0.25, 0.3) is 0 Å². The Hall–Kier alpha value is -2.23. The van der Waals surface area contributed by atoms with Crippen LogP contribution in [0.4, 0.5) is 0 Å². The first-order chi connectivity index (χ1) is 8.77. The van der Waals surface area contributed by atoms with E-state index < -0.39 is 0 Å². The van der Waals surface area contributed by atoms with Crippen molar-refractivity contribution in [3.8, 4) is 11.1 Å². The molecule has 4 heteroatoms. The van der Waals surface area contributed by atoms with Gasteiger partial charge in [-0.2, -0.15) is 0 Å². The predicted octanol–water partition coefficient (Wildman–Crippen LogP) is 2.63. The van der Waals surface area contributed by atoms with Gasteiger partial charge in [0.2, 0.25) is 0 Å². The third-order valence-electron chi connectivity index (χ3n) is 2.71. The van der Waals surface area contributed by atoms with Crippen molar-refractivity contribution in [1.82, 2.24) is 9.97 Å². The molecule has 4 nitrogen and oxygen atoms in total. The average molecular weight is 239 g/mol. The fourth-order valence-corrected chi connectivity index (χ4v) is 1.98. The summed E-state index contributed by atoms with van der Waals surface area (Å²) in [7, 11) is 0. The molecular formula is C14H13N3O. The zero-order chi connectivity index (χ0) is 12.5. The standard InChI is InChI=1S/C14H13N3O/c1-9(2)18-17-14-12-10(5-3-7-15-12)11-6-4-8-16-13(11)14/h3-9H,1-2H3. The second-order valence-electron chi connectivity index (χ2n) is 4.39. The third-order valence-corrected chi connectivity index (χ3v) is 2.71. The molecule has 3 rings (SSSR count). The first kappa shape index (κ1) is 10.9. The molecule has 0 saturated heterocycles. The molecule has 2 heterocycles. The molecule has 0 bridgehead atoms. The Kier molecular flexibility index (Phi) is 2.55. The maximum absolute atomic E-state index is 5.35. The van der Waals surface area contributed by atoms with Crippen molar-refractivity contribution in [3.63, 3.8) is 0 Å². The van der Waals surface area contributed by atoms with Gasteiger partial charge in [0.1, 0.15) is 17.5 Å². The molecule has 1 aliphatic rings. The highest BCUT2D eigenvalue weighted by Gasteiger charge is 2.27. The van der Waals surface area contributed by atoms with Crippen LogP contribution < -0.4 is 0 Å².